The number of carbonyl (C=O) groups excluding carboxylic acids is 1. The molecule has 1 saturated heterocycles. The molecule has 6 heteroatoms. The maximum atomic E-state index is 11.9. The minimum atomic E-state index is -0.112. The third kappa shape index (κ3) is 4.97. The zero-order valence-electron chi connectivity index (χ0n) is 13.0. The lowest BCUT2D eigenvalue weighted by Gasteiger charge is -2.19. The van der Waals surface area contributed by atoms with Crippen molar-refractivity contribution in [2.45, 2.75) is 25.7 Å². The molecule has 0 aromatic carbocycles. The van der Waals surface area contributed by atoms with Crippen molar-refractivity contribution >= 4 is 11.9 Å². The van der Waals surface area contributed by atoms with E-state index in [1.165, 1.54) is 25.7 Å². The van der Waals surface area contributed by atoms with Crippen molar-refractivity contribution in [3.63, 3.8) is 0 Å². The predicted molar refractivity (Wildman–Crippen MR) is 83.6 cm³/mol. The molecule has 21 heavy (non-hydrogen) atoms. The molecule has 1 fully saturated rings. The lowest BCUT2D eigenvalue weighted by atomic mass is 10.2. The summed E-state index contributed by atoms with van der Waals surface area (Å²) in [4.78, 5) is 24.9. The second-order valence-electron chi connectivity index (χ2n) is 5.73. The van der Waals surface area contributed by atoms with Crippen molar-refractivity contribution in [3.8, 4) is 0 Å². The molecule has 2 rings (SSSR count). The summed E-state index contributed by atoms with van der Waals surface area (Å²) in [6.45, 7) is 3.46. The third-order valence-electron chi connectivity index (χ3n) is 3.63. The van der Waals surface area contributed by atoms with Gasteiger partial charge in [-0.2, -0.15) is 0 Å². The lowest BCUT2D eigenvalue weighted by molar-refractivity contribution is 0.0950. The van der Waals surface area contributed by atoms with Crippen LogP contribution >= 0.6 is 0 Å². The van der Waals surface area contributed by atoms with Crippen LogP contribution in [0.4, 0.5) is 5.95 Å². The minimum Gasteiger partial charge on any atom is -0.351 e. The maximum Gasteiger partial charge on any atom is 0.254 e. The Kier molecular flexibility index (Phi) is 5.92. The fourth-order valence-electron chi connectivity index (χ4n) is 2.37. The lowest BCUT2D eigenvalue weighted by Crippen LogP contribution is -2.31. The first-order valence-electron chi connectivity index (χ1n) is 7.67. The van der Waals surface area contributed by atoms with Gasteiger partial charge in [-0.15, -0.1) is 0 Å². The zero-order valence-corrected chi connectivity index (χ0v) is 13.0. The first-order valence-corrected chi connectivity index (χ1v) is 7.67. The predicted octanol–water partition coefficient (Wildman–Crippen LogP) is 1.15. The molecule has 1 aromatic heterocycles. The molecule has 2 heterocycles. The van der Waals surface area contributed by atoms with E-state index in [2.05, 4.69) is 20.2 Å². The molecular weight excluding hydrogens is 266 g/mol. The molecule has 1 aliphatic heterocycles. The van der Waals surface area contributed by atoms with Crippen molar-refractivity contribution in [1.82, 2.24) is 20.2 Å². The van der Waals surface area contributed by atoms with Gasteiger partial charge in [-0.25, -0.2) is 9.97 Å². The number of nitrogens with one attached hydrogen (secondary N) is 1. The van der Waals surface area contributed by atoms with Crippen LogP contribution in [0.15, 0.2) is 12.4 Å². The van der Waals surface area contributed by atoms with E-state index < -0.39 is 0 Å². The molecule has 0 bridgehead atoms. The van der Waals surface area contributed by atoms with E-state index in [1.54, 1.807) is 12.4 Å². The topological polar surface area (TPSA) is 61.4 Å². The van der Waals surface area contributed by atoms with Gasteiger partial charge in [0.15, 0.2) is 0 Å². The normalized spacial score (nSPS) is 15.9. The van der Waals surface area contributed by atoms with Gasteiger partial charge in [0.05, 0.1) is 5.56 Å². The van der Waals surface area contributed by atoms with Crippen LogP contribution in [0.1, 0.15) is 36.0 Å². The maximum absolute atomic E-state index is 11.9. The third-order valence-corrected chi connectivity index (χ3v) is 3.63. The Labute approximate surface area is 126 Å². The minimum absolute atomic E-state index is 0.112. The number of carbonyl (C=O) groups is 1. The summed E-state index contributed by atoms with van der Waals surface area (Å²) in [6.07, 6.45) is 8.19. The van der Waals surface area contributed by atoms with Gasteiger partial charge in [-0.3, -0.25) is 4.79 Å². The molecule has 1 aromatic rings. The molecule has 1 N–H and O–H groups in total. The molecule has 0 saturated carbocycles. The SMILES string of the molecule is CN(C)CCNC(=O)c1cnc(N2CCCCCC2)nc1. The summed E-state index contributed by atoms with van der Waals surface area (Å²) in [7, 11) is 3.95. The number of anilines is 1. The Morgan fingerprint density at radius 2 is 1.81 bits per heavy atom. The van der Waals surface area contributed by atoms with Crippen LogP contribution in [0.5, 0.6) is 0 Å². The van der Waals surface area contributed by atoms with Gasteiger partial charge in [0.2, 0.25) is 5.95 Å². The van der Waals surface area contributed by atoms with E-state index in [9.17, 15) is 4.79 Å². The first-order chi connectivity index (χ1) is 10.2. The Bertz CT molecular complexity index is 438. The fourth-order valence-corrected chi connectivity index (χ4v) is 2.37. The largest absolute Gasteiger partial charge is 0.351 e. The first kappa shape index (κ1) is 15.7. The Morgan fingerprint density at radius 1 is 1.19 bits per heavy atom. The summed E-state index contributed by atoms with van der Waals surface area (Å²) in [5, 5.41) is 2.87. The molecule has 0 atom stereocenters. The van der Waals surface area contributed by atoms with E-state index in [0.29, 0.717) is 12.1 Å². The average molecular weight is 291 g/mol. The van der Waals surface area contributed by atoms with E-state index in [0.717, 1.165) is 25.6 Å². The van der Waals surface area contributed by atoms with Crippen molar-refractivity contribution in [1.29, 1.82) is 0 Å². The highest BCUT2D eigenvalue weighted by molar-refractivity contribution is 5.93. The number of rotatable bonds is 5. The number of hydrogen-bond acceptors (Lipinski definition) is 5. The van der Waals surface area contributed by atoms with E-state index >= 15 is 0 Å². The average Bonchev–Trinajstić information content (AvgIpc) is 2.76. The molecule has 0 radical (unpaired) electrons. The van der Waals surface area contributed by atoms with Gasteiger partial charge in [-0.05, 0) is 26.9 Å². The van der Waals surface area contributed by atoms with Crippen LogP contribution in [0.25, 0.3) is 0 Å². The summed E-state index contributed by atoms with van der Waals surface area (Å²) in [5.74, 6) is 0.626. The van der Waals surface area contributed by atoms with Crippen LogP contribution in [-0.2, 0) is 0 Å². The van der Waals surface area contributed by atoms with Gasteiger partial charge in [-0.1, -0.05) is 12.8 Å². The Morgan fingerprint density at radius 3 is 2.38 bits per heavy atom. The van der Waals surface area contributed by atoms with E-state index in [1.807, 2.05) is 19.0 Å². The highest BCUT2D eigenvalue weighted by Gasteiger charge is 2.13. The van der Waals surface area contributed by atoms with Crippen LogP contribution in [0.3, 0.4) is 0 Å². The molecule has 116 valence electrons. The smallest absolute Gasteiger partial charge is 0.254 e. The van der Waals surface area contributed by atoms with Gasteiger partial charge in [0, 0.05) is 38.6 Å². The molecule has 0 unspecified atom stereocenters. The molecule has 0 aliphatic carbocycles. The monoisotopic (exact) mass is 291 g/mol. The fraction of sp³-hybridized carbons (Fsp3) is 0.667. The van der Waals surface area contributed by atoms with Gasteiger partial charge in [0.25, 0.3) is 5.91 Å². The molecule has 6 nitrogen and oxygen atoms in total. The van der Waals surface area contributed by atoms with Crippen molar-refractivity contribution in [2.24, 2.45) is 0 Å². The molecule has 1 amide bonds. The summed E-state index contributed by atoms with van der Waals surface area (Å²) in [6, 6.07) is 0. The quantitative estimate of drug-likeness (QED) is 0.882. The number of nitrogens with zero attached hydrogens (tertiary/aromatic N) is 4. The highest BCUT2D eigenvalue weighted by atomic mass is 16.1. The summed E-state index contributed by atoms with van der Waals surface area (Å²) >= 11 is 0. The second-order valence-corrected chi connectivity index (χ2v) is 5.73. The number of aromatic nitrogens is 2. The van der Waals surface area contributed by atoms with Gasteiger partial charge >= 0.3 is 0 Å². The number of likely N-dealkylation sites (N-methyl/N-ethyl adjacent to an activating group) is 1. The molecule has 1 aliphatic rings. The van der Waals surface area contributed by atoms with Crippen LogP contribution in [-0.4, -0.2) is 61.0 Å². The number of hydrogen-bond donors (Lipinski definition) is 1. The van der Waals surface area contributed by atoms with Crippen molar-refractivity contribution in [2.75, 3.05) is 45.2 Å². The summed E-state index contributed by atoms with van der Waals surface area (Å²) < 4.78 is 0. The van der Waals surface area contributed by atoms with E-state index in [4.69, 9.17) is 0 Å². The second kappa shape index (κ2) is 7.93. The summed E-state index contributed by atoms with van der Waals surface area (Å²) in [5.41, 5.74) is 0.521. The molecule has 0 spiro atoms. The number of amides is 1. The van der Waals surface area contributed by atoms with E-state index in [-0.39, 0.29) is 5.91 Å². The van der Waals surface area contributed by atoms with Crippen LogP contribution < -0.4 is 10.2 Å². The van der Waals surface area contributed by atoms with Crippen LogP contribution in [0, 0.1) is 0 Å². The zero-order chi connectivity index (χ0) is 15.1. The highest BCUT2D eigenvalue weighted by Crippen LogP contribution is 2.15. The Balaban J connectivity index is 1.90. The van der Waals surface area contributed by atoms with Crippen molar-refractivity contribution < 1.29 is 4.79 Å². The molecular formula is C15H25N5O. The van der Waals surface area contributed by atoms with Gasteiger partial charge < -0.3 is 15.1 Å². The standard InChI is InChI=1S/C15H25N5O/c1-19(2)10-7-16-14(21)13-11-17-15(18-12-13)20-8-5-3-4-6-9-20/h11-12H,3-10H2,1-2H3,(H,16,21). The van der Waals surface area contributed by atoms with Crippen LogP contribution in [0.2, 0.25) is 0 Å². The Hall–Kier alpha value is -1.69. The van der Waals surface area contributed by atoms with Gasteiger partial charge in [0.1, 0.15) is 0 Å². The van der Waals surface area contributed by atoms with Crippen molar-refractivity contribution in [3.05, 3.63) is 18.0 Å².